The quantitative estimate of drug-likeness (QED) is 0.845. The minimum absolute atomic E-state index is 0.0791. The summed E-state index contributed by atoms with van der Waals surface area (Å²) >= 11 is 1.17. The van der Waals surface area contributed by atoms with E-state index in [1.807, 2.05) is 18.2 Å². The van der Waals surface area contributed by atoms with Crippen LogP contribution >= 0.6 is 11.3 Å². The van der Waals surface area contributed by atoms with Gasteiger partial charge < -0.3 is 4.74 Å². The zero-order valence-electron chi connectivity index (χ0n) is 8.87. The maximum atomic E-state index is 11.7. The summed E-state index contributed by atoms with van der Waals surface area (Å²) in [5.41, 5.74) is 0. The highest BCUT2D eigenvalue weighted by Gasteiger charge is 2.14. The second kappa shape index (κ2) is 5.31. The standard InChI is InChI=1S/C11H11NO3S2/c13-17(14,11-7-4-8-16-11)12-9-15-10-5-2-1-3-6-10/h1-8,12H,9H2. The van der Waals surface area contributed by atoms with E-state index in [9.17, 15) is 8.42 Å². The fourth-order valence-corrected chi connectivity index (χ4v) is 3.11. The van der Waals surface area contributed by atoms with E-state index in [2.05, 4.69) is 4.72 Å². The van der Waals surface area contributed by atoms with Crippen molar-refractivity contribution in [3.8, 4) is 5.75 Å². The monoisotopic (exact) mass is 269 g/mol. The summed E-state index contributed by atoms with van der Waals surface area (Å²) in [7, 11) is -3.44. The van der Waals surface area contributed by atoms with Crippen LogP contribution in [-0.2, 0) is 10.0 Å². The summed E-state index contributed by atoms with van der Waals surface area (Å²) in [4.78, 5) is 0. The molecule has 4 nitrogen and oxygen atoms in total. The Morgan fingerprint density at radius 2 is 1.88 bits per heavy atom. The Kier molecular flexibility index (Phi) is 3.78. The van der Waals surface area contributed by atoms with Gasteiger partial charge in [-0.3, -0.25) is 0 Å². The van der Waals surface area contributed by atoms with Crippen molar-refractivity contribution >= 4 is 21.4 Å². The number of nitrogens with one attached hydrogen (secondary N) is 1. The lowest BCUT2D eigenvalue weighted by molar-refractivity contribution is 0.311. The molecular weight excluding hydrogens is 258 g/mol. The normalized spacial score (nSPS) is 11.3. The average molecular weight is 269 g/mol. The van der Waals surface area contributed by atoms with Crippen LogP contribution in [0.3, 0.4) is 0 Å². The molecule has 1 aromatic heterocycles. The molecule has 0 atom stereocenters. The van der Waals surface area contributed by atoms with E-state index in [-0.39, 0.29) is 10.9 Å². The van der Waals surface area contributed by atoms with Crippen molar-refractivity contribution in [2.45, 2.75) is 4.21 Å². The second-order valence-electron chi connectivity index (χ2n) is 3.18. The third-order valence-electron chi connectivity index (χ3n) is 1.99. The molecule has 0 bridgehead atoms. The van der Waals surface area contributed by atoms with Gasteiger partial charge in [0.1, 0.15) is 9.96 Å². The molecule has 0 saturated carbocycles. The van der Waals surface area contributed by atoms with Gasteiger partial charge in [0.2, 0.25) is 0 Å². The molecule has 0 aliphatic rings. The molecule has 2 rings (SSSR count). The first-order valence-corrected chi connectivity index (χ1v) is 7.26. The summed E-state index contributed by atoms with van der Waals surface area (Å²) < 4.78 is 31.3. The first kappa shape index (κ1) is 12.1. The lowest BCUT2D eigenvalue weighted by Gasteiger charge is -2.07. The van der Waals surface area contributed by atoms with Crippen LogP contribution in [0.25, 0.3) is 0 Å². The Morgan fingerprint density at radius 1 is 1.12 bits per heavy atom. The van der Waals surface area contributed by atoms with Gasteiger partial charge in [-0.2, -0.15) is 4.72 Å². The number of sulfonamides is 1. The van der Waals surface area contributed by atoms with Crippen molar-refractivity contribution in [1.82, 2.24) is 4.72 Å². The number of para-hydroxylation sites is 1. The SMILES string of the molecule is O=S(=O)(NCOc1ccccc1)c1cccs1. The predicted octanol–water partition coefficient (Wildman–Crippen LogP) is 2.06. The fraction of sp³-hybridized carbons (Fsp3) is 0.0909. The Bertz CT molecular complexity index is 550. The minimum Gasteiger partial charge on any atom is -0.477 e. The van der Waals surface area contributed by atoms with E-state index in [0.29, 0.717) is 5.75 Å². The molecule has 0 amide bonds. The lowest BCUT2D eigenvalue weighted by atomic mass is 10.3. The molecule has 0 aliphatic heterocycles. The van der Waals surface area contributed by atoms with Gasteiger partial charge in [0.25, 0.3) is 10.0 Å². The number of hydrogen-bond donors (Lipinski definition) is 1. The van der Waals surface area contributed by atoms with E-state index in [4.69, 9.17) is 4.74 Å². The number of hydrogen-bond acceptors (Lipinski definition) is 4. The van der Waals surface area contributed by atoms with Crippen LogP contribution in [0.1, 0.15) is 0 Å². The Hall–Kier alpha value is -1.37. The van der Waals surface area contributed by atoms with E-state index in [1.54, 1.807) is 29.6 Å². The van der Waals surface area contributed by atoms with Gasteiger partial charge in [0, 0.05) is 0 Å². The molecule has 6 heteroatoms. The number of thiophene rings is 1. The lowest BCUT2D eigenvalue weighted by Crippen LogP contribution is -2.27. The van der Waals surface area contributed by atoms with Crippen LogP contribution in [0.4, 0.5) is 0 Å². The zero-order chi connectivity index (χ0) is 12.1. The first-order chi connectivity index (χ1) is 8.18. The largest absolute Gasteiger partial charge is 0.477 e. The van der Waals surface area contributed by atoms with Crippen LogP contribution in [0.15, 0.2) is 52.1 Å². The molecule has 0 fully saturated rings. The molecule has 1 heterocycles. The first-order valence-electron chi connectivity index (χ1n) is 4.89. The van der Waals surface area contributed by atoms with Gasteiger partial charge in [0.05, 0.1) is 0 Å². The average Bonchev–Trinajstić information content (AvgIpc) is 2.84. The Balaban J connectivity index is 1.91. The second-order valence-corrected chi connectivity index (χ2v) is 6.12. The van der Waals surface area contributed by atoms with Crippen LogP contribution in [0.2, 0.25) is 0 Å². The van der Waals surface area contributed by atoms with Gasteiger partial charge in [0.15, 0.2) is 6.73 Å². The molecule has 0 saturated heterocycles. The maximum Gasteiger partial charge on any atom is 0.252 e. The number of ether oxygens (including phenoxy) is 1. The third-order valence-corrected chi connectivity index (χ3v) is 4.76. The highest BCUT2D eigenvalue weighted by molar-refractivity contribution is 7.91. The summed E-state index contributed by atoms with van der Waals surface area (Å²) in [6.45, 7) is -0.0791. The van der Waals surface area contributed by atoms with Crippen molar-refractivity contribution in [3.05, 3.63) is 47.8 Å². The van der Waals surface area contributed by atoms with Crippen molar-refractivity contribution in [2.24, 2.45) is 0 Å². The molecular formula is C11H11NO3S2. The maximum absolute atomic E-state index is 11.7. The summed E-state index contributed by atoms with van der Waals surface area (Å²) in [5, 5.41) is 1.71. The molecule has 0 unspecified atom stereocenters. The molecule has 0 radical (unpaired) electrons. The number of rotatable bonds is 5. The molecule has 17 heavy (non-hydrogen) atoms. The zero-order valence-corrected chi connectivity index (χ0v) is 10.5. The van der Waals surface area contributed by atoms with E-state index in [1.165, 1.54) is 11.3 Å². The van der Waals surface area contributed by atoms with E-state index >= 15 is 0 Å². The highest BCUT2D eigenvalue weighted by Crippen LogP contribution is 2.15. The smallest absolute Gasteiger partial charge is 0.252 e. The minimum atomic E-state index is -3.44. The topological polar surface area (TPSA) is 55.4 Å². The Morgan fingerprint density at radius 3 is 2.53 bits per heavy atom. The van der Waals surface area contributed by atoms with Gasteiger partial charge in [-0.05, 0) is 23.6 Å². The van der Waals surface area contributed by atoms with Crippen LogP contribution in [0.5, 0.6) is 5.75 Å². The van der Waals surface area contributed by atoms with Crippen LogP contribution in [0, 0.1) is 0 Å². The van der Waals surface area contributed by atoms with E-state index in [0.717, 1.165) is 0 Å². The van der Waals surface area contributed by atoms with Crippen LogP contribution < -0.4 is 9.46 Å². The predicted molar refractivity (Wildman–Crippen MR) is 66.6 cm³/mol. The summed E-state index contributed by atoms with van der Waals surface area (Å²) in [6, 6.07) is 12.3. The third kappa shape index (κ3) is 3.29. The highest BCUT2D eigenvalue weighted by atomic mass is 32.2. The van der Waals surface area contributed by atoms with Gasteiger partial charge in [-0.15, -0.1) is 11.3 Å². The van der Waals surface area contributed by atoms with Crippen molar-refractivity contribution < 1.29 is 13.2 Å². The summed E-state index contributed by atoms with van der Waals surface area (Å²) in [6.07, 6.45) is 0. The molecule has 1 aromatic carbocycles. The van der Waals surface area contributed by atoms with Crippen LogP contribution in [-0.4, -0.2) is 15.1 Å². The van der Waals surface area contributed by atoms with Crippen molar-refractivity contribution in [1.29, 1.82) is 0 Å². The summed E-state index contributed by atoms with van der Waals surface area (Å²) in [5.74, 6) is 0.626. The van der Waals surface area contributed by atoms with Crippen molar-refractivity contribution in [3.63, 3.8) is 0 Å². The fourth-order valence-electron chi connectivity index (χ4n) is 1.19. The number of benzene rings is 1. The molecule has 1 N–H and O–H groups in total. The molecule has 0 aliphatic carbocycles. The molecule has 2 aromatic rings. The van der Waals surface area contributed by atoms with E-state index < -0.39 is 10.0 Å². The van der Waals surface area contributed by atoms with Gasteiger partial charge >= 0.3 is 0 Å². The van der Waals surface area contributed by atoms with Gasteiger partial charge in [-0.1, -0.05) is 24.3 Å². The van der Waals surface area contributed by atoms with Crippen molar-refractivity contribution in [2.75, 3.05) is 6.73 Å². The van der Waals surface area contributed by atoms with Gasteiger partial charge in [-0.25, -0.2) is 8.42 Å². The molecule has 0 spiro atoms. The molecule has 90 valence electrons. The Labute approximate surface area is 104 Å².